The highest BCUT2D eigenvalue weighted by Gasteiger charge is 2.43. The molecule has 0 aromatic carbocycles. The van der Waals surface area contributed by atoms with Gasteiger partial charge in [-0.25, -0.2) is 0 Å². The Hall–Kier alpha value is -1.35. The molecule has 21 heavy (non-hydrogen) atoms. The summed E-state index contributed by atoms with van der Waals surface area (Å²) in [4.78, 5) is 15.2. The van der Waals surface area contributed by atoms with Crippen molar-refractivity contribution in [1.29, 1.82) is 0 Å². The number of likely N-dealkylation sites (tertiary alicyclic amines) is 1. The van der Waals surface area contributed by atoms with Gasteiger partial charge < -0.3 is 15.1 Å². The summed E-state index contributed by atoms with van der Waals surface area (Å²) >= 11 is 1.46. The van der Waals surface area contributed by atoms with Crippen LogP contribution in [0.4, 0.5) is 0 Å². The maximum atomic E-state index is 12.5. The Morgan fingerprint density at radius 2 is 2.29 bits per heavy atom. The van der Waals surface area contributed by atoms with Crippen molar-refractivity contribution in [2.24, 2.45) is 11.8 Å². The van der Waals surface area contributed by atoms with E-state index in [1.54, 1.807) is 0 Å². The number of carbonyl (C=O) groups excluding carboxylic acids is 1. The van der Waals surface area contributed by atoms with Crippen LogP contribution in [0.5, 0.6) is 0 Å². The molecular formula is C16H19NO3S. The van der Waals surface area contributed by atoms with Crippen molar-refractivity contribution in [2.75, 3.05) is 19.7 Å². The second kappa shape index (κ2) is 6.18. The van der Waals surface area contributed by atoms with E-state index in [-0.39, 0.29) is 24.5 Å². The van der Waals surface area contributed by atoms with E-state index in [2.05, 4.69) is 11.8 Å². The van der Waals surface area contributed by atoms with Crippen LogP contribution in [0.1, 0.15) is 34.5 Å². The number of hydrogen-bond acceptors (Lipinski definition) is 4. The summed E-state index contributed by atoms with van der Waals surface area (Å²) in [6.07, 6.45) is 2.11. The van der Waals surface area contributed by atoms with E-state index in [0.29, 0.717) is 24.4 Å². The topological polar surface area (TPSA) is 60.8 Å². The van der Waals surface area contributed by atoms with Gasteiger partial charge in [-0.15, -0.1) is 11.3 Å². The Bertz CT molecular complexity index is 586. The molecule has 1 aliphatic carbocycles. The lowest BCUT2D eigenvalue weighted by molar-refractivity contribution is 0.0753. The smallest absolute Gasteiger partial charge is 0.254 e. The highest BCUT2D eigenvalue weighted by Crippen LogP contribution is 2.38. The van der Waals surface area contributed by atoms with Gasteiger partial charge >= 0.3 is 0 Å². The number of carbonyl (C=O) groups is 1. The molecule has 2 aliphatic rings. The van der Waals surface area contributed by atoms with Gasteiger partial charge in [0, 0.05) is 30.8 Å². The number of hydrogen-bond donors (Lipinski definition) is 2. The molecule has 1 saturated heterocycles. The predicted octanol–water partition coefficient (Wildman–Crippen LogP) is 1.32. The maximum absolute atomic E-state index is 12.5. The van der Waals surface area contributed by atoms with Crippen molar-refractivity contribution in [3.8, 4) is 11.8 Å². The SMILES string of the molecule is O=C(c1csc(C#CCCO)c1)N1CC2CCC(O)C2C1. The van der Waals surface area contributed by atoms with Crippen LogP contribution in [0.25, 0.3) is 0 Å². The van der Waals surface area contributed by atoms with Crippen molar-refractivity contribution in [1.82, 2.24) is 4.90 Å². The van der Waals surface area contributed by atoms with Crippen molar-refractivity contribution in [3.05, 3.63) is 21.9 Å². The lowest BCUT2D eigenvalue weighted by atomic mass is 10.00. The number of thiophene rings is 1. The Balaban J connectivity index is 1.65. The molecule has 3 unspecified atom stereocenters. The van der Waals surface area contributed by atoms with Crippen LogP contribution in [0.3, 0.4) is 0 Å². The van der Waals surface area contributed by atoms with E-state index in [1.807, 2.05) is 16.3 Å². The summed E-state index contributed by atoms with van der Waals surface area (Å²) in [5.41, 5.74) is 0.683. The molecule has 1 aliphatic heterocycles. The third-order valence-electron chi connectivity index (χ3n) is 4.40. The minimum Gasteiger partial charge on any atom is -0.395 e. The molecule has 112 valence electrons. The fourth-order valence-electron chi connectivity index (χ4n) is 3.30. The number of amides is 1. The van der Waals surface area contributed by atoms with E-state index >= 15 is 0 Å². The Kier molecular flexibility index (Phi) is 4.29. The van der Waals surface area contributed by atoms with Gasteiger partial charge in [-0.2, -0.15) is 0 Å². The van der Waals surface area contributed by atoms with Crippen LogP contribution in [-0.4, -0.2) is 46.8 Å². The normalized spacial score (nSPS) is 27.3. The number of rotatable bonds is 2. The molecule has 2 N–H and O–H groups in total. The highest BCUT2D eigenvalue weighted by molar-refractivity contribution is 7.10. The molecule has 2 fully saturated rings. The summed E-state index contributed by atoms with van der Waals surface area (Å²) in [5.74, 6) is 6.59. The molecule has 5 heteroatoms. The monoisotopic (exact) mass is 305 g/mol. The van der Waals surface area contributed by atoms with Crippen molar-refractivity contribution in [3.63, 3.8) is 0 Å². The first-order valence-electron chi connectivity index (χ1n) is 7.34. The molecule has 0 radical (unpaired) electrons. The predicted molar refractivity (Wildman–Crippen MR) is 81.0 cm³/mol. The number of aliphatic hydroxyl groups excluding tert-OH is 2. The first-order valence-corrected chi connectivity index (χ1v) is 8.22. The van der Waals surface area contributed by atoms with Gasteiger partial charge in [-0.3, -0.25) is 4.79 Å². The lowest BCUT2D eigenvalue weighted by Crippen LogP contribution is -2.30. The van der Waals surface area contributed by atoms with Crippen LogP contribution in [0.2, 0.25) is 0 Å². The Labute approximate surface area is 128 Å². The van der Waals surface area contributed by atoms with Crippen molar-refractivity contribution in [2.45, 2.75) is 25.4 Å². The summed E-state index contributed by atoms with van der Waals surface area (Å²) in [6.45, 7) is 1.50. The molecule has 1 saturated carbocycles. The summed E-state index contributed by atoms with van der Waals surface area (Å²) in [7, 11) is 0. The Morgan fingerprint density at radius 1 is 1.43 bits per heavy atom. The van der Waals surface area contributed by atoms with Crippen LogP contribution in [0, 0.1) is 23.7 Å². The largest absolute Gasteiger partial charge is 0.395 e. The van der Waals surface area contributed by atoms with Crippen LogP contribution in [-0.2, 0) is 0 Å². The zero-order valence-electron chi connectivity index (χ0n) is 11.8. The van der Waals surface area contributed by atoms with E-state index in [0.717, 1.165) is 24.3 Å². The molecule has 1 aromatic heterocycles. The standard InChI is InChI=1S/C16H19NO3S/c18-6-2-1-3-13-7-12(10-21-13)16(20)17-8-11-4-5-15(19)14(11)9-17/h7,10-11,14-15,18-19H,2,4-6,8-9H2. The zero-order valence-corrected chi connectivity index (χ0v) is 12.6. The first kappa shape index (κ1) is 14.6. The van der Waals surface area contributed by atoms with Crippen LogP contribution >= 0.6 is 11.3 Å². The molecule has 3 rings (SSSR count). The molecule has 2 heterocycles. The zero-order chi connectivity index (χ0) is 14.8. The average molecular weight is 305 g/mol. The maximum Gasteiger partial charge on any atom is 0.254 e. The summed E-state index contributed by atoms with van der Waals surface area (Å²) in [6, 6.07) is 1.82. The molecule has 0 bridgehead atoms. The molecule has 0 spiro atoms. The highest BCUT2D eigenvalue weighted by atomic mass is 32.1. The van der Waals surface area contributed by atoms with E-state index < -0.39 is 0 Å². The van der Waals surface area contributed by atoms with Gasteiger partial charge in [0.25, 0.3) is 5.91 Å². The van der Waals surface area contributed by atoms with E-state index in [4.69, 9.17) is 5.11 Å². The van der Waals surface area contributed by atoms with Gasteiger partial charge in [0.1, 0.15) is 0 Å². The number of fused-ring (bicyclic) bond motifs is 1. The minimum atomic E-state index is -0.241. The third kappa shape index (κ3) is 2.98. The second-order valence-corrected chi connectivity index (χ2v) is 6.67. The van der Waals surface area contributed by atoms with Crippen molar-refractivity contribution >= 4 is 17.2 Å². The van der Waals surface area contributed by atoms with Gasteiger partial charge in [0.15, 0.2) is 0 Å². The van der Waals surface area contributed by atoms with E-state index in [1.165, 1.54) is 11.3 Å². The molecular weight excluding hydrogens is 286 g/mol. The van der Waals surface area contributed by atoms with Gasteiger partial charge in [0.05, 0.1) is 23.2 Å². The molecule has 4 nitrogen and oxygen atoms in total. The van der Waals surface area contributed by atoms with Crippen molar-refractivity contribution < 1.29 is 15.0 Å². The molecule has 1 aromatic rings. The van der Waals surface area contributed by atoms with Gasteiger partial charge in [-0.1, -0.05) is 11.8 Å². The van der Waals surface area contributed by atoms with Crippen LogP contribution in [0.15, 0.2) is 11.4 Å². The number of aliphatic hydroxyl groups is 2. The fraction of sp³-hybridized carbons (Fsp3) is 0.562. The summed E-state index contributed by atoms with van der Waals surface area (Å²) in [5, 5.41) is 20.5. The van der Waals surface area contributed by atoms with Crippen LogP contribution < -0.4 is 0 Å². The van der Waals surface area contributed by atoms with Gasteiger partial charge in [-0.05, 0) is 24.8 Å². The third-order valence-corrected chi connectivity index (χ3v) is 5.25. The van der Waals surface area contributed by atoms with Gasteiger partial charge in [0.2, 0.25) is 0 Å². The Morgan fingerprint density at radius 3 is 3.05 bits per heavy atom. The number of nitrogens with zero attached hydrogens (tertiary/aromatic N) is 1. The van der Waals surface area contributed by atoms with E-state index in [9.17, 15) is 9.90 Å². The second-order valence-electron chi connectivity index (χ2n) is 5.75. The molecule has 1 amide bonds. The average Bonchev–Trinajstić information content (AvgIpc) is 3.17. The minimum absolute atomic E-state index is 0.0445. The molecule has 3 atom stereocenters. The fourth-order valence-corrected chi connectivity index (χ4v) is 4.05. The summed E-state index contributed by atoms with van der Waals surface area (Å²) < 4.78 is 0. The first-order chi connectivity index (χ1) is 10.2. The lowest BCUT2D eigenvalue weighted by Gasteiger charge is -2.17. The quantitative estimate of drug-likeness (QED) is 0.810.